The van der Waals surface area contributed by atoms with Gasteiger partial charge in [-0.15, -0.1) is 0 Å². The minimum atomic E-state index is -1.92. The molecule has 10 heteroatoms. The van der Waals surface area contributed by atoms with Crippen LogP contribution in [0.1, 0.15) is 5.56 Å². The third-order valence-corrected chi connectivity index (χ3v) is 6.80. The van der Waals surface area contributed by atoms with E-state index in [1.807, 2.05) is 35.2 Å². The molecule has 2 aromatic carbocycles. The number of benzene rings is 2. The van der Waals surface area contributed by atoms with Crippen molar-refractivity contribution in [2.45, 2.75) is 9.96 Å². The van der Waals surface area contributed by atoms with E-state index in [2.05, 4.69) is 4.90 Å². The zero-order chi connectivity index (χ0) is 22.9. The lowest BCUT2D eigenvalue weighted by Gasteiger charge is -2.44. The molecule has 5 nitrogen and oxygen atoms in total. The maximum absolute atomic E-state index is 14.0. The third kappa shape index (κ3) is 4.92. The lowest BCUT2D eigenvalue weighted by atomic mass is 10.2. The maximum atomic E-state index is 14.0. The highest BCUT2D eigenvalue weighted by Gasteiger charge is 2.51. The lowest BCUT2D eigenvalue weighted by molar-refractivity contribution is -0.127. The second kappa shape index (κ2) is 9.61. The molecule has 0 aliphatic carbocycles. The van der Waals surface area contributed by atoms with Gasteiger partial charge in [-0.1, -0.05) is 71.2 Å². The van der Waals surface area contributed by atoms with Crippen LogP contribution in [0.2, 0.25) is 0 Å². The van der Waals surface area contributed by atoms with Gasteiger partial charge in [0.25, 0.3) is 11.1 Å². The van der Waals surface area contributed by atoms with Crippen molar-refractivity contribution in [3.05, 3.63) is 70.9 Å². The number of anilines is 1. The minimum Gasteiger partial charge on any atom is -0.369 e. The lowest BCUT2D eigenvalue weighted by Crippen LogP contribution is -2.61. The van der Waals surface area contributed by atoms with Crippen LogP contribution in [-0.4, -0.2) is 57.1 Å². The topological polar surface area (TPSA) is 43.9 Å². The maximum Gasteiger partial charge on any atom is 0.295 e. The van der Waals surface area contributed by atoms with Crippen LogP contribution in [0.3, 0.4) is 0 Å². The quantitative estimate of drug-likeness (QED) is 0.405. The summed E-state index contributed by atoms with van der Waals surface area (Å²) in [5.74, 6) is -1.10. The van der Waals surface area contributed by atoms with Crippen LogP contribution in [0.15, 0.2) is 59.5 Å². The first-order valence-corrected chi connectivity index (χ1v) is 11.8. The summed E-state index contributed by atoms with van der Waals surface area (Å²) >= 11 is 19.5. The van der Waals surface area contributed by atoms with Crippen LogP contribution in [0.25, 0.3) is 6.08 Å². The van der Waals surface area contributed by atoms with Gasteiger partial charge in [0.1, 0.15) is 12.0 Å². The van der Waals surface area contributed by atoms with Gasteiger partial charge >= 0.3 is 0 Å². The van der Waals surface area contributed by atoms with Gasteiger partial charge in [-0.3, -0.25) is 14.5 Å². The standard InChI is InChI=1S/C22H19Cl3FN3O2S/c23-22(24,25)20(28-12-10-27(11-13-28)16-7-2-1-3-8-16)29-19(30)18(32-21(29)31)14-15-6-4-5-9-17(15)26/h1-9,14,20H,10-13H2. The number of para-hydroxylation sites is 1. The summed E-state index contributed by atoms with van der Waals surface area (Å²) in [6.07, 6.45) is 0.271. The smallest absolute Gasteiger partial charge is 0.295 e. The number of nitrogens with zero attached hydrogens (tertiary/aromatic N) is 3. The Morgan fingerprint density at radius 1 is 0.938 bits per heavy atom. The molecule has 0 radical (unpaired) electrons. The van der Waals surface area contributed by atoms with Gasteiger partial charge in [0, 0.05) is 37.4 Å². The van der Waals surface area contributed by atoms with E-state index in [0.717, 1.165) is 10.6 Å². The van der Waals surface area contributed by atoms with E-state index in [4.69, 9.17) is 34.8 Å². The van der Waals surface area contributed by atoms with Gasteiger partial charge < -0.3 is 4.90 Å². The van der Waals surface area contributed by atoms with Crippen LogP contribution >= 0.6 is 46.6 Å². The number of thioether (sulfide) groups is 1. The Morgan fingerprint density at radius 2 is 1.56 bits per heavy atom. The van der Waals surface area contributed by atoms with Crippen LogP contribution in [0.5, 0.6) is 0 Å². The summed E-state index contributed by atoms with van der Waals surface area (Å²) in [6, 6.07) is 15.9. The zero-order valence-electron chi connectivity index (χ0n) is 16.8. The highest BCUT2D eigenvalue weighted by atomic mass is 35.6. The SMILES string of the molecule is O=C1SC(=Cc2ccccc2F)C(=O)N1C(N1CCN(c2ccccc2)CC1)C(Cl)(Cl)Cl. The van der Waals surface area contributed by atoms with E-state index in [1.165, 1.54) is 18.2 Å². The van der Waals surface area contributed by atoms with Gasteiger partial charge in [0.15, 0.2) is 0 Å². The molecule has 1 atom stereocenters. The molecule has 0 saturated carbocycles. The molecule has 2 aromatic rings. The minimum absolute atomic E-state index is 0.0854. The molecule has 32 heavy (non-hydrogen) atoms. The molecular weight excluding hydrogens is 496 g/mol. The summed E-state index contributed by atoms with van der Waals surface area (Å²) in [5, 5.41) is -0.556. The summed E-state index contributed by atoms with van der Waals surface area (Å²) in [5.41, 5.74) is 1.29. The normalized spacial score (nSPS) is 20.3. The van der Waals surface area contributed by atoms with Gasteiger partial charge in [-0.2, -0.15) is 0 Å². The highest BCUT2D eigenvalue weighted by molar-refractivity contribution is 8.18. The fraction of sp³-hybridized carbons (Fsp3) is 0.273. The van der Waals surface area contributed by atoms with E-state index >= 15 is 0 Å². The molecule has 4 rings (SSSR count). The fourth-order valence-electron chi connectivity index (χ4n) is 3.80. The van der Waals surface area contributed by atoms with Crippen molar-refractivity contribution in [3.63, 3.8) is 0 Å². The van der Waals surface area contributed by atoms with Crippen molar-refractivity contribution in [3.8, 4) is 0 Å². The second-order valence-electron chi connectivity index (χ2n) is 7.35. The van der Waals surface area contributed by atoms with Crippen molar-refractivity contribution in [1.82, 2.24) is 9.80 Å². The number of amides is 2. The van der Waals surface area contributed by atoms with Crippen molar-refractivity contribution < 1.29 is 14.0 Å². The van der Waals surface area contributed by atoms with E-state index in [0.29, 0.717) is 37.9 Å². The number of hydrogen-bond donors (Lipinski definition) is 0. The Balaban J connectivity index is 1.56. The van der Waals surface area contributed by atoms with Gasteiger partial charge in [-0.25, -0.2) is 9.29 Å². The monoisotopic (exact) mass is 513 g/mol. The number of imide groups is 1. The first kappa shape index (κ1) is 23.4. The van der Waals surface area contributed by atoms with Crippen molar-refractivity contribution in [1.29, 1.82) is 0 Å². The Morgan fingerprint density at radius 3 is 2.19 bits per heavy atom. The highest BCUT2D eigenvalue weighted by Crippen LogP contribution is 2.42. The number of alkyl halides is 3. The van der Waals surface area contributed by atoms with Crippen LogP contribution in [0.4, 0.5) is 14.9 Å². The van der Waals surface area contributed by atoms with Crippen LogP contribution in [-0.2, 0) is 4.79 Å². The molecule has 0 aromatic heterocycles. The largest absolute Gasteiger partial charge is 0.369 e. The molecule has 2 heterocycles. The van der Waals surface area contributed by atoms with Crippen LogP contribution < -0.4 is 4.90 Å². The Labute approximate surface area is 204 Å². The van der Waals surface area contributed by atoms with Crippen molar-refractivity contribution in [2.24, 2.45) is 0 Å². The summed E-state index contributed by atoms with van der Waals surface area (Å²) in [6.45, 7) is 2.26. The Bertz CT molecular complexity index is 1040. The molecule has 168 valence electrons. The van der Waals surface area contributed by atoms with Gasteiger partial charge in [0.2, 0.25) is 3.79 Å². The third-order valence-electron chi connectivity index (χ3n) is 5.33. The number of rotatable bonds is 4. The molecule has 0 spiro atoms. The first-order chi connectivity index (χ1) is 15.3. The molecular formula is C22H19Cl3FN3O2S. The Hall–Kier alpha value is -1.77. The van der Waals surface area contributed by atoms with Gasteiger partial charge in [0.05, 0.1) is 4.91 Å². The number of halogens is 4. The summed E-state index contributed by atoms with van der Waals surface area (Å²) < 4.78 is 12.1. The molecule has 2 amide bonds. The molecule has 2 fully saturated rings. The molecule has 2 aliphatic rings. The number of hydrogen-bond acceptors (Lipinski definition) is 5. The van der Waals surface area contributed by atoms with Crippen LogP contribution in [0, 0.1) is 5.82 Å². The zero-order valence-corrected chi connectivity index (χ0v) is 19.8. The number of carbonyl (C=O) groups is 2. The molecule has 2 saturated heterocycles. The van der Waals surface area contributed by atoms with Gasteiger partial charge in [-0.05, 0) is 36.0 Å². The predicted octanol–water partition coefficient (Wildman–Crippen LogP) is 5.38. The molecule has 0 N–H and O–H groups in total. The summed E-state index contributed by atoms with van der Waals surface area (Å²) in [7, 11) is 0. The average molecular weight is 515 g/mol. The Kier molecular flexibility index (Phi) is 7.03. The van der Waals surface area contributed by atoms with E-state index in [1.54, 1.807) is 12.1 Å². The average Bonchev–Trinajstić information content (AvgIpc) is 3.03. The molecule has 2 aliphatic heterocycles. The van der Waals surface area contributed by atoms with E-state index < -0.39 is 26.9 Å². The number of carbonyl (C=O) groups excluding carboxylic acids is 2. The number of piperazine rings is 1. The van der Waals surface area contributed by atoms with Crippen molar-refractivity contribution >= 4 is 69.5 Å². The summed E-state index contributed by atoms with van der Waals surface area (Å²) in [4.78, 5) is 31.0. The second-order valence-corrected chi connectivity index (χ2v) is 10.7. The van der Waals surface area contributed by atoms with E-state index in [9.17, 15) is 14.0 Å². The molecule has 1 unspecified atom stereocenters. The van der Waals surface area contributed by atoms with E-state index in [-0.39, 0.29) is 10.5 Å². The fourth-order valence-corrected chi connectivity index (χ4v) is 5.35. The van der Waals surface area contributed by atoms with Crippen molar-refractivity contribution in [2.75, 3.05) is 31.1 Å². The molecule has 0 bridgehead atoms. The predicted molar refractivity (Wildman–Crippen MR) is 129 cm³/mol. The first-order valence-electron chi connectivity index (χ1n) is 9.88.